The fourth-order valence-corrected chi connectivity index (χ4v) is 3.00. The predicted molar refractivity (Wildman–Crippen MR) is 101 cm³/mol. The Morgan fingerprint density at radius 3 is 2.22 bits per heavy atom. The molecule has 0 radical (unpaired) electrons. The Morgan fingerprint density at radius 2 is 1.63 bits per heavy atom. The van der Waals surface area contributed by atoms with Gasteiger partial charge in [0.05, 0.1) is 19.2 Å². The maximum atomic E-state index is 13.0. The number of nitrogens with one attached hydrogen (secondary N) is 1. The smallest absolute Gasteiger partial charge is 0.337 e. The third-order valence-corrected chi connectivity index (χ3v) is 4.57. The van der Waals surface area contributed by atoms with Crippen LogP contribution < -0.4 is 10.2 Å². The summed E-state index contributed by atoms with van der Waals surface area (Å²) in [6, 6.07) is 13.2. The molecule has 1 aliphatic heterocycles. The molecule has 1 saturated heterocycles. The van der Waals surface area contributed by atoms with Gasteiger partial charge in [0.2, 0.25) is 5.91 Å². The van der Waals surface area contributed by atoms with E-state index < -0.39 is 5.97 Å². The second-order valence-electron chi connectivity index (χ2n) is 6.27. The molecule has 7 heteroatoms. The van der Waals surface area contributed by atoms with Gasteiger partial charge < -0.3 is 19.9 Å². The van der Waals surface area contributed by atoms with Crippen LogP contribution in [0.2, 0.25) is 0 Å². The van der Waals surface area contributed by atoms with Crippen molar-refractivity contribution in [3.63, 3.8) is 0 Å². The third-order valence-electron chi connectivity index (χ3n) is 4.57. The van der Waals surface area contributed by atoms with Crippen molar-refractivity contribution in [1.82, 2.24) is 4.90 Å². The zero-order valence-electron chi connectivity index (χ0n) is 15.2. The van der Waals surface area contributed by atoms with Crippen molar-refractivity contribution in [2.75, 3.05) is 50.1 Å². The zero-order valence-corrected chi connectivity index (χ0v) is 15.2. The minimum atomic E-state index is -0.392. The molecule has 142 valence electrons. The Balaban J connectivity index is 1.47. The molecule has 0 atom stereocenters. The van der Waals surface area contributed by atoms with Crippen molar-refractivity contribution in [3.05, 3.63) is 59.9 Å². The maximum Gasteiger partial charge on any atom is 0.337 e. The average Bonchev–Trinajstić information content (AvgIpc) is 2.72. The van der Waals surface area contributed by atoms with Crippen LogP contribution in [0.5, 0.6) is 0 Å². The topological polar surface area (TPSA) is 61.9 Å². The summed E-state index contributed by atoms with van der Waals surface area (Å²) in [7, 11) is 1.34. The van der Waals surface area contributed by atoms with Gasteiger partial charge in [-0.2, -0.15) is 0 Å². The second-order valence-corrected chi connectivity index (χ2v) is 6.27. The summed E-state index contributed by atoms with van der Waals surface area (Å²) in [4.78, 5) is 27.8. The molecule has 2 aromatic rings. The SMILES string of the molecule is COC(=O)c1ccc(NCC(=O)N2CCN(c3ccc(F)cc3)CC2)cc1. The van der Waals surface area contributed by atoms with Crippen LogP contribution in [0.25, 0.3) is 0 Å². The van der Waals surface area contributed by atoms with Gasteiger partial charge in [0.1, 0.15) is 5.82 Å². The summed E-state index contributed by atoms with van der Waals surface area (Å²) >= 11 is 0. The Hall–Kier alpha value is -3.09. The van der Waals surface area contributed by atoms with E-state index >= 15 is 0 Å². The van der Waals surface area contributed by atoms with Crippen LogP contribution in [0, 0.1) is 5.82 Å². The summed E-state index contributed by atoms with van der Waals surface area (Å²) in [6.45, 7) is 2.86. The van der Waals surface area contributed by atoms with E-state index in [0.717, 1.165) is 11.4 Å². The van der Waals surface area contributed by atoms with Crippen molar-refractivity contribution in [1.29, 1.82) is 0 Å². The summed E-state index contributed by atoms with van der Waals surface area (Å²) in [6.07, 6.45) is 0. The number of rotatable bonds is 5. The molecule has 27 heavy (non-hydrogen) atoms. The standard InChI is InChI=1S/C20H22FN3O3/c1-27-20(26)15-2-6-17(7-3-15)22-14-19(25)24-12-10-23(11-13-24)18-8-4-16(21)5-9-18/h2-9,22H,10-14H2,1H3. The molecular formula is C20H22FN3O3. The van der Waals surface area contributed by atoms with Gasteiger partial charge in [0.15, 0.2) is 0 Å². The highest BCUT2D eigenvalue weighted by atomic mass is 19.1. The van der Waals surface area contributed by atoms with E-state index in [1.807, 2.05) is 4.90 Å². The van der Waals surface area contributed by atoms with E-state index in [1.54, 1.807) is 36.4 Å². The Morgan fingerprint density at radius 1 is 1.00 bits per heavy atom. The molecule has 0 aromatic heterocycles. The quantitative estimate of drug-likeness (QED) is 0.818. The highest BCUT2D eigenvalue weighted by molar-refractivity contribution is 5.89. The van der Waals surface area contributed by atoms with Gasteiger partial charge in [-0.1, -0.05) is 0 Å². The van der Waals surface area contributed by atoms with E-state index in [2.05, 4.69) is 15.0 Å². The Labute approximate surface area is 157 Å². The van der Waals surface area contributed by atoms with E-state index in [4.69, 9.17) is 0 Å². The van der Waals surface area contributed by atoms with Crippen LogP contribution in [-0.4, -0.2) is 56.6 Å². The number of hydrogen-bond donors (Lipinski definition) is 1. The van der Waals surface area contributed by atoms with Gasteiger partial charge in [0, 0.05) is 37.6 Å². The van der Waals surface area contributed by atoms with Gasteiger partial charge in [-0.15, -0.1) is 0 Å². The van der Waals surface area contributed by atoms with Crippen LogP contribution in [0.1, 0.15) is 10.4 Å². The fraction of sp³-hybridized carbons (Fsp3) is 0.300. The van der Waals surface area contributed by atoms with Crippen molar-refractivity contribution >= 4 is 23.3 Å². The number of halogens is 1. The molecule has 1 fully saturated rings. The first-order valence-corrected chi connectivity index (χ1v) is 8.77. The molecule has 1 amide bonds. The van der Waals surface area contributed by atoms with Crippen molar-refractivity contribution in [2.45, 2.75) is 0 Å². The number of amides is 1. The van der Waals surface area contributed by atoms with Gasteiger partial charge in [-0.3, -0.25) is 4.79 Å². The number of carbonyl (C=O) groups excluding carboxylic acids is 2. The lowest BCUT2D eigenvalue weighted by Gasteiger charge is -2.36. The highest BCUT2D eigenvalue weighted by Crippen LogP contribution is 2.17. The molecule has 1 N–H and O–H groups in total. The van der Waals surface area contributed by atoms with Crippen LogP contribution in [-0.2, 0) is 9.53 Å². The fourth-order valence-electron chi connectivity index (χ4n) is 3.00. The molecule has 3 rings (SSSR count). The molecule has 2 aromatic carbocycles. The van der Waals surface area contributed by atoms with Gasteiger partial charge in [-0.25, -0.2) is 9.18 Å². The van der Waals surface area contributed by atoms with Crippen LogP contribution in [0.15, 0.2) is 48.5 Å². The summed E-state index contributed by atoms with van der Waals surface area (Å²) in [5.41, 5.74) is 2.19. The maximum absolute atomic E-state index is 13.0. The molecule has 1 heterocycles. The molecule has 0 aliphatic carbocycles. The first-order valence-electron chi connectivity index (χ1n) is 8.77. The van der Waals surface area contributed by atoms with Gasteiger partial charge >= 0.3 is 5.97 Å². The summed E-state index contributed by atoms with van der Waals surface area (Å²) in [5, 5.41) is 3.08. The van der Waals surface area contributed by atoms with Crippen LogP contribution in [0.3, 0.4) is 0 Å². The first kappa shape index (κ1) is 18.7. The summed E-state index contributed by atoms with van der Waals surface area (Å²) in [5.74, 6) is -0.624. The summed E-state index contributed by atoms with van der Waals surface area (Å²) < 4.78 is 17.7. The number of benzene rings is 2. The minimum absolute atomic E-state index is 0.0193. The number of anilines is 2. The molecule has 6 nitrogen and oxygen atoms in total. The van der Waals surface area contributed by atoms with E-state index in [9.17, 15) is 14.0 Å². The second kappa shape index (κ2) is 8.53. The predicted octanol–water partition coefficient (Wildman–Crippen LogP) is 2.37. The Bertz CT molecular complexity index is 785. The van der Waals surface area contributed by atoms with Crippen LogP contribution >= 0.6 is 0 Å². The highest BCUT2D eigenvalue weighted by Gasteiger charge is 2.21. The Kier molecular flexibility index (Phi) is 5.90. The van der Waals surface area contributed by atoms with Crippen molar-refractivity contribution in [2.24, 2.45) is 0 Å². The molecular weight excluding hydrogens is 349 g/mol. The zero-order chi connectivity index (χ0) is 19.2. The number of carbonyl (C=O) groups is 2. The molecule has 0 saturated carbocycles. The van der Waals surface area contributed by atoms with Crippen molar-refractivity contribution in [3.8, 4) is 0 Å². The average molecular weight is 371 g/mol. The number of esters is 1. The lowest BCUT2D eigenvalue weighted by molar-refractivity contribution is -0.129. The molecule has 0 spiro atoms. The van der Waals surface area contributed by atoms with E-state index in [0.29, 0.717) is 31.7 Å². The first-order chi connectivity index (χ1) is 13.1. The number of piperazine rings is 1. The number of ether oxygens (including phenoxy) is 1. The molecule has 0 bridgehead atoms. The normalized spacial score (nSPS) is 14.0. The molecule has 1 aliphatic rings. The lowest BCUT2D eigenvalue weighted by atomic mass is 10.2. The van der Waals surface area contributed by atoms with Crippen molar-refractivity contribution < 1.29 is 18.7 Å². The minimum Gasteiger partial charge on any atom is -0.465 e. The van der Waals surface area contributed by atoms with Crippen LogP contribution in [0.4, 0.5) is 15.8 Å². The third kappa shape index (κ3) is 4.75. The van der Waals surface area contributed by atoms with E-state index in [1.165, 1.54) is 19.2 Å². The van der Waals surface area contributed by atoms with Gasteiger partial charge in [-0.05, 0) is 48.5 Å². The number of methoxy groups -OCH3 is 1. The largest absolute Gasteiger partial charge is 0.465 e. The molecule has 0 unspecified atom stereocenters. The monoisotopic (exact) mass is 371 g/mol. The lowest BCUT2D eigenvalue weighted by Crippen LogP contribution is -2.50. The number of hydrogen-bond acceptors (Lipinski definition) is 5. The number of nitrogens with zero attached hydrogens (tertiary/aromatic N) is 2. The van der Waals surface area contributed by atoms with E-state index in [-0.39, 0.29) is 18.3 Å². The van der Waals surface area contributed by atoms with Gasteiger partial charge in [0.25, 0.3) is 0 Å².